The smallest absolute Gasteiger partial charge is 0.331 e. The summed E-state index contributed by atoms with van der Waals surface area (Å²) < 4.78 is 16.5. The van der Waals surface area contributed by atoms with Crippen LogP contribution in [0.2, 0.25) is 0 Å². The lowest BCUT2D eigenvalue weighted by Gasteiger charge is -2.15. The highest BCUT2D eigenvalue weighted by Gasteiger charge is 2.16. The third-order valence-electron chi connectivity index (χ3n) is 4.93. The second kappa shape index (κ2) is 13.5. The number of rotatable bonds is 12. The highest BCUT2D eigenvalue weighted by molar-refractivity contribution is 5.90. The zero-order chi connectivity index (χ0) is 22.5. The summed E-state index contributed by atoms with van der Waals surface area (Å²) in [4.78, 5) is 24.3. The molecule has 0 heterocycles. The van der Waals surface area contributed by atoms with Crippen LogP contribution < -0.4 is 14.8 Å². The van der Waals surface area contributed by atoms with E-state index in [9.17, 15) is 9.59 Å². The molecule has 170 valence electrons. The number of ether oxygens (including phenoxy) is 3. The van der Waals surface area contributed by atoms with Crippen LogP contribution in [-0.2, 0) is 14.3 Å². The molecule has 6 nitrogen and oxygen atoms in total. The quantitative estimate of drug-likeness (QED) is 0.293. The Morgan fingerprint density at radius 1 is 1.16 bits per heavy atom. The van der Waals surface area contributed by atoms with Gasteiger partial charge in [0.1, 0.15) is 0 Å². The lowest BCUT2D eigenvalue weighted by atomic mass is 9.97. The molecule has 2 rings (SSSR count). The number of nitrogens with one attached hydrogen (secondary N) is 1. The normalized spacial score (nSPS) is 14.6. The van der Waals surface area contributed by atoms with Gasteiger partial charge in [-0.25, -0.2) is 4.79 Å². The predicted molar refractivity (Wildman–Crippen MR) is 122 cm³/mol. The lowest BCUT2D eigenvalue weighted by Crippen LogP contribution is -2.36. The molecule has 0 fully saturated rings. The second-order valence-electron chi connectivity index (χ2n) is 7.55. The number of esters is 1. The maximum Gasteiger partial charge on any atom is 0.331 e. The molecule has 31 heavy (non-hydrogen) atoms. The second-order valence-corrected chi connectivity index (χ2v) is 7.55. The summed E-state index contributed by atoms with van der Waals surface area (Å²) in [5, 5.41) is 2.84. The molecular weight excluding hydrogens is 394 g/mol. The summed E-state index contributed by atoms with van der Waals surface area (Å²) in [6, 6.07) is 5.48. The minimum atomic E-state index is -0.846. The Morgan fingerprint density at radius 3 is 2.71 bits per heavy atom. The third-order valence-corrected chi connectivity index (χ3v) is 4.93. The molecule has 1 amide bonds. The van der Waals surface area contributed by atoms with E-state index in [2.05, 4.69) is 11.4 Å². The van der Waals surface area contributed by atoms with Crippen LogP contribution in [0.25, 0.3) is 6.08 Å². The highest BCUT2D eigenvalue weighted by atomic mass is 16.5. The maximum atomic E-state index is 12.2. The first-order valence-corrected chi connectivity index (χ1v) is 11.3. The number of amides is 1. The van der Waals surface area contributed by atoms with E-state index in [1.165, 1.54) is 24.5 Å². The van der Waals surface area contributed by atoms with Gasteiger partial charge in [0.25, 0.3) is 5.91 Å². The Kier molecular flexibility index (Phi) is 10.7. The van der Waals surface area contributed by atoms with E-state index < -0.39 is 12.1 Å². The molecule has 0 saturated heterocycles. The third kappa shape index (κ3) is 8.87. The zero-order valence-corrected chi connectivity index (χ0v) is 18.9. The fraction of sp³-hybridized carbons (Fsp3) is 0.520. The minimum absolute atomic E-state index is 0.283. The molecule has 0 aliphatic heterocycles. The molecule has 1 atom stereocenters. The summed E-state index contributed by atoms with van der Waals surface area (Å²) in [6.45, 7) is 7.21. The lowest BCUT2D eigenvalue weighted by molar-refractivity contribution is -0.150. The van der Waals surface area contributed by atoms with Gasteiger partial charge in [0.05, 0.1) is 13.2 Å². The van der Waals surface area contributed by atoms with Gasteiger partial charge in [0, 0.05) is 12.6 Å². The summed E-state index contributed by atoms with van der Waals surface area (Å²) in [7, 11) is 0. The Hall–Kier alpha value is -2.76. The molecule has 6 heteroatoms. The number of hydrogen-bond donors (Lipinski definition) is 1. The van der Waals surface area contributed by atoms with Crippen LogP contribution >= 0.6 is 0 Å². The van der Waals surface area contributed by atoms with Crippen molar-refractivity contribution in [2.24, 2.45) is 0 Å². The summed E-state index contributed by atoms with van der Waals surface area (Å²) >= 11 is 0. The van der Waals surface area contributed by atoms with E-state index in [0.717, 1.165) is 31.2 Å². The molecule has 1 aliphatic carbocycles. The number of carbonyl (C=O) groups is 2. The van der Waals surface area contributed by atoms with Crippen LogP contribution in [0.1, 0.15) is 64.9 Å². The molecule has 0 aromatic heterocycles. The van der Waals surface area contributed by atoms with Crippen LogP contribution in [-0.4, -0.2) is 37.7 Å². The number of carbonyl (C=O) groups excluding carboxylic acids is 2. The average Bonchev–Trinajstić information content (AvgIpc) is 2.78. The fourth-order valence-electron chi connectivity index (χ4n) is 3.28. The van der Waals surface area contributed by atoms with E-state index in [0.29, 0.717) is 31.3 Å². The molecule has 1 unspecified atom stereocenters. The fourth-order valence-corrected chi connectivity index (χ4v) is 3.28. The van der Waals surface area contributed by atoms with Gasteiger partial charge in [-0.1, -0.05) is 24.6 Å². The van der Waals surface area contributed by atoms with E-state index in [4.69, 9.17) is 14.2 Å². The minimum Gasteiger partial charge on any atom is -0.490 e. The van der Waals surface area contributed by atoms with Crippen LogP contribution in [0, 0.1) is 0 Å². The monoisotopic (exact) mass is 429 g/mol. The van der Waals surface area contributed by atoms with Crippen molar-refractivity contribution in [3.05, 3.63) is 41.5 Å². The summed E-state index contributed by atoms with van der Waals surface area (Å²) in [5.41, 5.74) is 2.18. The van der Waals surface area contributed by atoms with Gasteiger partial charge in [-0.2, -0.15) is 0 Å². The van der Waals surface area contributed by atoms with Gasteiger partial charge >= 0.3 is 5.97 Å². The van der Waals surface area contributed by atoms with Crippen molar-refractivity contribution in [1.82, 2.24) is 5.32 Å². The van der Waals surface area contributed by atoms with E-state index in [-0.39, 0.29) is 5.91 Å². The molecule has 1 aliphatic rings. The Morgan fingerprint density at radius 2 is 2.00 bits per heavy atom. The predicted octanol–water partition coefficient (Wildman–Crippen LogP) is 4.83. The van der Waals surface area contributed by atoms with Crippen molar-refractivity contribution in [3.8, 4) is 11.5 Å². The highest BCUT2D eigenvalue weighted by Crippen LogP contribution is 2.29. The van der Waals surface area contributed by atoms with Gasteiger partial charge in [0.2, 0.25) is 0 Å². The Balaban J connectivity index is 1.82. The molecule has 1 aromatic rings. The standard InChI is InChI=1S/C25H35NO5/c1-4-17-30-22-13-11-21(18-23(22)29-5-2)12-14-24(27)31-19(3)25(28)26-16-15-20-9-7-6-8-10-20/h9,11-14,18-19H,4-8,10,15-17H2,1-3H3,(H,26,28)/b14-12+. The molecule has 0 bridgehead atoms. The van der Waals surface area contributed by atoms with Gasteiger partial charge in [0.15, 0.2) is 17.6 Å². The van der Waals surface area contributed by atoms with Crippen LogP contribution in [0.5, 0.6) is 11.5 Å². The average molecular weight is 430 g/mol. The molecule has 0 radical (unpaired) electrons. The summed E-state index contributed by atoms with van der Waals surface area (Å²) in [6.07, 6.45) is 10.8. The SMILES string of the molecule is CCCOc1ccc(/C=C/C(=O)OC(C)C(=O)NCCC2=CCCCC2)cc1OCC. The molecule has 0 spiro atoms. The topological polar surface area (TPSA) is 73.9 Å². The van der Waals surface area contributed by atoms with Gasteiger partial charge in [-0.05, 0) is 76.1 Å². The first kappa shape index (κ1) is 24.5. The molecular formula is C25H35NO5. The zero-order valence-electron chi connectivity index (χ0n) is 18.9. The van der Waals surface area contributed by atoms with Crippen molar-refractivity contribution < 1.29 is 23.8 Å². The van der Waals surface area contributed by atoms with Crippen LogP contribution in [0.3, 0.4) is 0 Å². The van der Waals surface area contributed by atoms with Gasteiger partial charge < -0.3 is 19.5 Å². The van der Waals surface area contributed by atoms with Crippen LogP contribution in [0.4, 0.5) is 0 Å². The van der Waals surface area contributed by atoms with Gasteiger partial charge in [-0.15, -0.1) is 0 Å². The van der Waals surface area contributed by atoms with E-state index in [1.54, 1.807) is 13.0 Å². The van der Waals surface area contributed by atoms with E-state index in [1.807, 2.05) is 32.0 Å². The summed E-state index contributed by atoms with van der Waals surface area (Å²) in [5.74, 6) is 0.459. The Bertz CT molecular complexity index is 784. The van der Waals surface area contributed by atoms with Crippen molar-refractivity contribution in [2.75, 3.05) is 19.8 Å². The first-order chi connectivity index (χ1) is 15.0. The van der Waals surface area contributed by atoms with Crippen molar-refractivity contribution in [3.63, 3.8) is 0 Å². The first-order valence-electron chi connectivity index (χ1n) is 11.3. The largest absolute Gasteiger partial charge is 0.490 e. The van der Waals surface area contributed by atoms with Crippen molar-refractivity contribution >= 4 is 18.0 Å². The molecule has 1 N–H and O–H groups in total. The number of allylic oxidation sites excluding steroid dienone is 1. The Labute approximate surface area is 185 Å². The molecule has 1 aromatic carbocycles. The van der Waals surface area contributed by atoms with Crippen molar-refractivity contribution in [1.29, 1.82) is 0 Å². The maximum absolute atomic E-state index is 12.2. The van der Waals surface area contributed by atoms with Crippen LogP contribution in [0.15, 0.2) is 35.9 Å². The molecule has 0 saturated carbocycles. The van der Waals surface area contributed by atoms with E-state index >= 15 is 0 Å². The van der Waals surface area contributed by atoms with Gasteiger partial charge in [-0.3, -0.25) is 4.79 Å². The number of hydrogen-bond acceptors (Lipinski definition) is 5. The van der Waals surface area contributed by atoms with Crippen molar-refractivity contribution in [2.45, 2.75) is 65.4 Å². The number of benzene rings is 1.